The van der Waals surface area contributed by atoms with Gasteiger partial charge in [0.05, 0.1) is 18.1 Å². The Kier molecular flexibility index (Phi) is 5.65. The molecular weight excluding hydrogens is 336 g/mol. The van der Waals surface area contributed by atoms with Gasteiger partial charge in [-0.2, -0.15) is 0 Å². The second kappa shape index (κ2) is 7.60. The van der Waals surface area contributed by atoms with E-state index in [1.165, 1.54) is 5.57 Å². The maximum atomic E-state index is 12.3. The molecule has 0 bridgehead atoms. The van der Waals surface area contributed by atoms with Crippen molar-refractivity contribution in [3.8, 4) is 0 Å². The van der Waals surface area contributed by atoms with Crippen LogP contribution >= 0.6 is 0 Å². The Morgan fingerprint density at radius 1 is 1.24 bits per heavy atom. The molecule has 1 aromatic heterocycles. The molecule has 0 aliphatic carbocycles. The lowest BCUT2D eigenvalue weighted by Gasteiger charge is -2.43. The van der Waals surface area contributed by atoms with E-state index in [1.807, 2.05) is 12.4 Å². The van der Waals surface area contributed by atoms with Crippen molar-refractivity contribution in [3.05, 3.63) is 29.9 Å². The Balaban J connectivity index is 1.76. The zero-order valence-corrected chi connectivity index (χ0v) is 16.4. The Morgan fingerprint density at radius 2 is 1.92 bits per heavy atom. The first-order valence-corrected chi connectivity index (χ1v) is 11.0. The summed E-state index contributed by atoms with van der Waals surface area (Å²) in [7, 11) is -2.96. The number of aryl methyl sites for hydroxylation is 1. The molecule has 0 radical (unpaired) electrons. The van der Waals surface area contributed by atoms with Crippen molar-refractivity contribution in [2.24, 2.45) is 0 Å². The molecule has 7 heteroatoms. The van der Waals surface area contributed by atoms with Crippen LogP contribution in [0, 0.1) is 0 Å². The number of fused-ring (bicyclic) bond motifs is 1. The van der Waals surface area contributed by atoms with Gasteiger partial charge in [-0.15, -0.1) is 0 Å². The van der Waals surface area contributed by atoms with Crippen molar-refractivity contribution in [2.75, 3.05) is 31.1 Å². The van der Waals surface area contributed by atoms with Gasteiger partial charge in [-0.3, -0.25) is 9.80 Å². The molecule has 0 spiro atoms. The predicted octanol–water partition coefficient (Wildman–Crippen LogP) is 1.54. The molecule has 140 valence electrons. The fraction of sp³-hybridized carbons (Fsp3) is 0.722. The van der Waals surface area contributed by atoms with Gasteiger partial charge in [-0.1, -0.05) is 18.6 Å². The smallest absolute Gasteiger partial charge is 0.153 e. The van der Waals surface area contributed by atoms with Crippen LogP contribution in [0.1, 0.15) is 33.0 Å². The number of nitrogens with zero attached hydrogens (tertiary/aromatic N) is 4. The van der Waals surface area contributed by atoms with Gasteiger partial charge in [0, 0.05) is 50.7 Å². The normalized spacial score (nSPS) is 26.5. The molecule has 0 aromatic carbocycles. The molecule has 0 amide bonds. The second-order valence-electron chi connectivity index (χ2n) is 7.50. The fourth-order valence-electron chi connectivity index (χ4n) is 3.94. The lowest BCUT2D eigenvalue weighted by molar-refractivity contribution is 0.0454. The lowest BCUT2D eigenvalue weighted by atomic mass is 10.0. The summed E-state index contributed by atoms with van der Waals surface area (Å²) in [5, 5.41) is 0. The molecule has 3 rings (SSSR count). The topological polar surface area (TPSA) is 58.4 Å². The van der Waals surface area contributed by atoms with Crippen molar-refractivity contribution in [3.63, 3.8) is 0 Å². The molecule has 2 saturated heterocycles. The third kappa shape index (κ3) is 4.33. The summed E-state index contributed by atoms with van der Waals surface area (Å²) in [6.45, 7) is 10.7. The highest BCUT2D eigenvalue weighted by molar-refractivity contribution is 7.91. The van der Waals surface area contributed by atoms with Crippen LogP contribution in [0.4, 0.5) is 0 Å². The minimum absolute atomic E-state index is 0.0797. The van der Waals surface area contributed by atoms with Gasteiger partial charge >= 0.3 is 0 Å². The SMILES string of the molecule is CCCn1ccnc1CN1CCN(CC=C(C)C)[C@@H]2CS(=O)(=O)C[C@@H]21. The first-order valence-electron chi connectivity index (χ1n) is 9.21. The Hall–Kier alpha value is -1.18. The summed E-state index contributed by atoms with van der Waals surface area (Å²) < 4.78 is 26.8. The van der Waals surface area contributed by atoms with Crippen LogP contribution in [-0.2, 0) is 22.9 Å². The number of aromatic nitrogens is 2. The highest BCUT2D eigenvalue weighted by atomic mass is 32.2. The molecule has 2 fully saturated rings. The van der Waals surface area contributed by atoms with E-state index in [-0.39, 0.29) is 23.6 Å². The summed E-state index contributed by atoms with van der Waals surface area (Å²) in [5.41, 5.74) is 1.28. The van der Waals surface area contributed by atoms with E-state index in [9.17, 15) is 8.42 Å². The fourth-order valence-corrected chi connectivity index (χ4v) is 5.98. The van der Waals surface area contributed by atoms with E-state index in [2.05, 4.69) is 46.2 Å². The predicted molar refractivity (Wildman–Crippen MR) is 100 cm³/mol. The summed E-state index contributed by atoms with van der Waals surface area (Å²) in [4.78, 5) is 9.19. The third-order valence-electron chi connectivity index (χ3n) is 5.25. The number of hydrogen-bond acceptors (Lipinski definition) is 5. The van der Waals surface area contributed by atoms with Crippen LogP contribution in [0.2, 0.25) is 0 Å². The standard InChI is InChI=1S/C18H30N4O2S/c1-4-7-21-9-6-19-18(21)12-22-11-10-20(8-5-15(2)3)16-13-25(23,24)14-17(16)22/h5-6,9,16-17H,4,7-8,10-14H2,1-3H3/t16-,17+/m1/s1. The molecule has 1 aromatic rings. The molecule has 2 atom stereocenters. The van der Waals surface area contributed by atoms with Crippen LogP contribution in [0.25, 0.3) is 0 Å². The number of rotatable bonds is 6. The summed E-state index contributed by atoms with van der Waals surface area (Å²) >= 11 is 0. The van der Waals surface area contributed by atoms with Crippen LogP contribution in [0.5, 0.6) is 0 Å². The van der Waals surface area contributed by atoms with Gasteiger partial charge in [0.15, 0.2) is 9.84 Å². The highest BCUT2D eigenvalue weighted by Crippen LogP contribution is 2.28. The van der Waals surface area contributed by atoms with Crippen molar-refractivity contribution in [1.82, 2.24) is 19.4 Å². The van der Waals surface area contributed by atoms with E-state index in [4.69, 9.17) is 0 Å². The molecule has 0 N–H and O–H groups in total. The van der Waals surface area contributed by atoms with E-state index in [1.54, 1.807) is 0 Å². The van der Waals surface area contributed by atoms with E-state index in [0.717, 1.165) is 45.0 Å². The maximum Gasteiger partial charge on any atom is 0.153 e. The number of hydrogen-bond donors (Lipinski definition) is 0. The van der Waals surface area contributed by atoms with Gasteiger partial charge < -0.3 is 4.57 Å². The van der Waals surface area contributed by atoms with Crippen LogP contribution in [-0.4, -0.2) is 71.0 Å². The lowest BCUT2D eigenvalue weighted by Crippen LogP contribution is -2.58. The minimum Gasteiger partial charge on any atom is -0.334 e. The van der Waals surface area contributed by atoms with Gasteiger partial charge in [-0.25, -0.2) is 13.4 Å². The van der Waals surface area contributed by atoms with Crippen LogP contribution in [0.3, 0.4) is 0 Å². The molecule has 25 heavy (non-hydrogen) atoms. The second-order valence-corrected chi connectivity index (χ2v) is 9.65. The molecule has 2 aliphatic rings. The van der Waals surface area contributed by atoms with E-state index < -0.39 is 9.84 Å². The largest absolute Gasteiger partial charge is 0.334 e. The zero-order valence-electron chi connectivity index (χ0n) is 15.6. The number of sulfone groups is 1. The average Bonchev–Trinajstić information content (AvgIpc) is 3.10. The molecular formula is C18H30N4O2S. The quantitative estimate of drug-likeness (QED) is 0.715. The molecule has 0 unspecified atom stereocenters. The minimum atomic E-state index is -2.96. The molecule has 6 nitrogen and oxygen atoms in total. The van der Waals surface area contributed by atoms with Crippen molar-refractivity contribution < 1.29 is 8.42 Å². The monoisotopic (exact) mass is 366 g/mol. The Labute approximate surface area is 151 Å². The zero-order chi connectivity index (χ0) is 18.0. The van der Waals surface area contributed by atoms with Crippen LogP contribution < -0.4 is 0 Å². The summed E-state index contributed by atoms with van der Waals surface area (Å²) in [5.74, 6) is 1.61. The van der Waals surface area contributed by atoms with Crippen molar-refractivity contribution in [1.29, 1.82) is 0 Å². The third-order valence-corrected chi connectivity index (χ3v) is 6.95. The average molecular weight is 367 g/mol. The molecule has 0 saturated carbocycles. The summed E-state index contributed by atoms with van der Waals surface area (Å²) in [6, 6.07) is 0.181. The first kappa shape index (κ1) is 18.6. The number of piperazine rings is 1. The Morgan fingerprint density at radius 3 is 2.60 bits per heavy atom. The van der Waals surface area contributed by atoms with Crippen molar-refractivity contribution in [2.45, 2.75) is 52.4 Å². The highest BCUT2D eigenvalue weighted by Gasteiger charge is 2.46. The first-order chi connectivity index (χ1) is 11.9. The van der Waals surface area contributed by atoms with E-state index in [0.29, 0.717) is 0 Å². The van der Waals surface area contributed by atoms with E-state index >= 15 is 0 Å². The Bertz CT molecular complexity index is 721. The van der Waals surface area contributed by atoms with Crippen LogP contribution in [0.15, 0.2) is 24.0 Å². The maximum absolute atomic E-state index is 12.3. The van der Waals surface area contributed by atoms with Crippen molar-refractivity contribution >= 4 is 9.84 Å². The molecule has 2 aliphatic heterocycles. The number of allylic oxidation sites excluding steroid dienone is 1. The van der Waals surface area contributed by atoms with Gasteiger partial charge in [0.1, 0.15) is 5.82 Å². The van der Waals surface area contributed by atoms with Gasteiger partial charge in [-0.05, 0) is 20.3 Å². The van der Waals surface area contributed by atoms with Gasteiger partial charge in [0.25, 0.3) is 0 Å². The summed E-state index contributed by atoms with van der Waals surface area (Å²) in [6.07, 6.45) is 7.14. The molecule has 3 heterocycles. The number of imidazole rings is 1. The van der Waals surface area contributed by atoms with Gasteiger partial charge in [0.2, 0.25) is 0 Å².